The molecular formula is C24H22N6O2S2. The van der Waals surface area contributed by atoms with Crippen LogP contribution in [0.5, 0.6) is 0 Å². The van der Waals surface area contributed by atoms with Crippen molar-refractivity contribution in [2.75, 3.05) is 15.9 Å². The number of sulfonamides is 1. The minimum atomic E-state index is -3.37. The van der Waals surface area contributed by atoms with Gasteiger partial charge in [0.2, 0.25) is 10.0 Å². The molecule has 1 saturated heterocycles. The van der Waals surface area contributed by atoms with Gasteiger partial charge in [-0.15, -0.1) is 0 Å². The summed E-state index contributed by atoms with van der Waals surface area (Å²) in [7, 11) is -3.37. The Bertz CT molecular complexity index is 1410. The fourth-order valence-corrected chi connectivity index (χ4v) is 5.11. The van der Waals surface area contributed by atoms with Crippen LogP contribution in [-0.2, 0) is 10.0 Å². The van der Waals surface area contributed by atoms with Crippen LogP contribution >= 0.6 is 12.2 Å². The van der Waals surface area contributed by atoms with E-state index in [-0.39, 0.29) is 12.1 Å². The second kappa shape index (κ2) is 8.88. The molecule has 5 rings (SSSR count). The molecule has 0 saturated carbocycles. The van der Waals surface area contributed by atoms with E-state index in [1.807, 2.05) is 65.8 Å². The molecule has 1 fully saturated rings. The first-order valence-electron chi connectivity index (χ1n) is 10.6. The SMILES string of the molecule is CS(=O)(=O)Nc1ccc(N2C(=S)N[C@@H](c3ccccn3)[C@@H]2c2cccn2-c2cccnc2)cc1. The molecule has 0 spiro atoms. The highest BCUT2D eigenvalue weighted by atomic mass is 32.2. The van der Waals surface area contributed by atoms with Crippen LogP contribution in [0.4, 0.5) is 11.4 Å². The number of benzene rings is 1. The zero-order valence-corrected chi connectivity index (χ0v) is 19.9. The topological polar surface area (TPSA) is 92.2 Å². The van der Waals surface area contributed by atoms with E-state index in [0.717, 1.165) is 29.0 Å². The molecule has 0 radical (unpaired) electrons. The van der Waals surface area contributed by atoms with Gasteiger partial charge in [0.25, 0.3) is 0 Å². The Morgan fingerprint density at radius 3 is 2.47 bits per heavy atom. The van der Waals surface area contributed by atoms with E-state index in [2.05, 4.69) is 30.6 Å². The Balaban J connectivity index is 1.60. The molecule has 4 heterocycles. The van der Waals surface area contributed by atoms with Crippen molar-refractivity contribution >= 4 is 38.7 Å². The van der Waals surface area contributed by atoms with Gasteiger partial charge in [0.15, 0.2) is 5.11 Å². The van der Waals surface area contributed by atoms with Crippen molar-refractivity contribution in [2.45, 2.75) is 12.1 Å². The Labute approximate surface area is 203 Å². The molecule has 0 bridgehead atoms. The lowest BCUT2D eigenvalue weighted by molar-refractivity contribution is 0.549. The normalized spacial score (nSPS) is 18.0. The van der Waals surface area contributed by atoms with Gasteiger partial charge in [0.1, 0.15) is 6.04 Å². The predicted octanol–water partition coefficient (Wildman–Crippen LogP) is 3.82. The van der Waals surface area contributed by atoms with E-state index in [0.29, 0.717) is 10.8 Å². The number of nitrogens with zero attached hydrogens (tertiary/aromatic N) is 4. The van der Waals surface area contributed by atoms with Crippen LogP contribution in [0.3, 0.4) is 0 Å². The maximum absolute atomic E-state index is 11.6. The van der Waals surface area contributed by atoms with E-state index in [4.69, 9.17) is 12.2 Å². The minimum Gasteiger partial charge on any atom is -0.351 e. The Morgan fingerprint density at radius 2 is 1.79 bits per heavy atom. The van der Waals surface area contributed by atoms with E-state index < -0.39 is 10.0 Å². The monoisotopic (exact) mass is 490 g/mol. The van der Waals surface area contributed by atoms with E-state index >= 15 is 0 Å². The molecule has 0 aliphatic carbocycles. The first-order chi connectivity index (χ1) is 16.4. The summed E-state index contributed by atoms with van der Waals surface area (Å²) in [6, 6.07) is 20.5. The van der Waals surface area contributed by atoms with Crippen LogP contribution in [0.2, 0.25) is 0 Å². The van der Waals surface area contributed by atoms with Gasteiger partial charge in [-0.05, 0) is 72.9 Å². The zero-order chi connectivity index (χ0) is 23.7. The number of anilines is 2. The number of rotatable bonds is 6. The van der Waals surface area contributed by atoms with E-state index in [1.165, 1.54) is 0 Å². The Kier molecular flexibility index (Phi) is 5.76. The van der Waals surface area contributed by atoms with Gasteiger partial charge in [0, 0.05) is 35.7 Å². The highest BCUT2D eigenvalue weighted by molar-refractivity contribution is 7.92. The van der Waals surface area contributed by atoms with Crippen molar-refractivity contribution in [1.29, 1.82) is 0 Å². The molecule has 34 heavy (non-hydrogen) atoms. The second-order valence-electron chi connectivity index (χ2n) is 7.93. The maximum Gasteiger partial charge on any atom is 0.229 e. The van der Waals surface area contributed by atoms with Crippen molar-refractivity contribution < 1.29 is 8.42 Å². The van der Waals surface area contributed by atoms with Crippen LogP contribution < -0.4 is 14.9 Å². The summed E-state index contributed by atoms with van der Waals surface area (Å²) in [5.41, 5.74) is 4.13. The molecule has 0 amide bonds. The van der Waals surface area contributed by atoms with Gasteiger partial charge < -0.3 is 14.8 Å². The summed E-state index contributed by atoms with van der Waals surface area (Å²) in [4.78, 5) is 10.9. The van der Waals surface area contributed by atoms with E-state index in [9.17, 15) is 8.42 Å². The Morgan fingerprint density at radius 1 is 0.971 bits per heavy atom. The molecule has 8 nitrogen and oxygen atoms in total. The van der Waals surface area contributed by atoms with Crippen molar-refractivity contribution in [2.24, 2.45) is 0 Å². The number of aromatic nitrogens is 3. The van der Waals surface area contributed by atoms with E-state index in [1.54, 1.807) is 24.5 Å². The maximum atomic E-state index is 11.6. The molecule has 1 aromatic carbocycles. The molecule has 1 aliphatic heterocycles. The van der Waals surface area contributed by atoms with Crippen molar-refractivity contribution in [3.05, 3.63) is 103 Å². The largest absolute Gasteiger partial charge is 0.351 e. The lowest BCUT2D eigenvalue weighted by atomic mass is 10.0. The van der Waals surface area contributed by atoms with Crippen molar-refractivity contribution in [3.63, 3.8) is 0 Å². The highest BCUT2D eigenvalue weighted by Gasteiger charge is 2.42. The van der Waals surface area contributed by atoms with Gasteiger partial charge in [-0.25, -0.2) is 8.42 Å². The van der Waals surface area contributed by atoms with Gasteiger partial charge in [-0.3, -0.25) is 14.7 Å². The lowest BCUT2D eigenvalue weighted by Crippen LogP contribution is -2.30. The number of hydrogen-bond acceptors (Lipinski definition) is 5. The molecular weight excluding hydrogens is 468 g/mol. The second-order valence-corrected chi connectivity index (χ2v) is 10.1. The molecule has 4 aromatic rings. The first-order valence-corrected chi connectivity index (χ1v) is 12.9. The third kappa shape index (κ3) is 4.37. The Hall–Kier alpha value is -3.76. The third-order valence-electron chi connectivity index (χ3n) is 5.55. The van der Waals surface area contributed by atoms with Crippen LogP contribution in [0.25, 0.3) is 5.69 Å². The molecule has 3 aromatic heterocycles. The van der Waals surface area contributed by atoms with Gasteiger partial charge in [-0.1, -0.05) is 6.07 Å². The summed E-state index contributed by atoms with van der Waals surface area (Å²) in [5, 5.41) is 4.00. The fraction of sp³-hybridized carbons (Fsp3) is 0.125. The summed E-state index contributed by atoms with van der Waals surface area (Å²) in [6.45, 7) is 0. The highest BCUT2D eigenvalue weighted by Crippen LogP contribution is 2.42. The fourth-order valence-electron chi connectivity index (χ4n) is 4.20. The summed E-state index contributed by atoms with van der Waals surface area (Å²) in [6.07, 6.45) is 8.45. The van der Waals surface area contributed by atoms with Gasteiger partial charge >= 0.3 is 0 Å². The number of hydrogen-bond donors (Lipinski definition) is 2. The third-order valence-corrected chi connectivity index (χ3v) is 6.48. The molecule has 1 aliphatic rings. The minimum absolute atomic E-state index is 0.201. The number of pyridine rings is 2. The first kappa shape index (κ1) is 22.1. The van der Waals surface area contributed by atoms with Crippen LogP contribution in [0, 0.1) is 0 Å². The van der Waals surface area contributed by atoms with Gasteiger partial charge in [0.05, 0.1) is 29.9 Å². The molecule has 0 unspecified atom stereocenters. The quantitative estimate of drug-likeness (QED) is 0.397. The zero-order valence-electron chi connectivity index (χ0n) is 18.2. The summed E-state index contributed by atoms with van der Waals surface area (Å²) in [5.74, 6) is 0. The lowest BCUT2D eigenvalue weighted by Gasteiger charge is -2.29. The molecule has 2 atom stereocenters. The average molecular weight is 491 g/mol. The van der Waals surface area contributed by atoms with Gasteiger partial charge in [-0.2, -0.15) is 0 Å². The number of nitrogens with one attached hydrogen (secondary N) is 2. The van der Waals surface area contributed by atoms with Crippen LogP contribution in [-0.4, -0.2) is 34.3 Å². The van der Waals surface area contributed by atoms with Crippen LogP contribution in [0.1, 0.15) is 23.5 Å². The summed E-state index contributed by atoms with van der Waals surface area (Å²) >= 11 is 5.78. The average Bonchev–Trinajstić information content (AvgIpc) is 3.44. The standard InChI is InChI=1S/C24H22N6O2S2/c1-34(31,32)28-17-9-11-18(12-10-17)30-23(22(27-24(30)33)20-7-2-3-14-26-20)21-8-5-15-29(21)19-6-4-13-25-16-19/h2-16,22-23,28H,1H3,(H,27,33)/t22-,23-/m0/s1. The smallest absolute Gasteiger partial charge is 0.229 e. The molecule has 10 heteroatoms. The summed E-state index contributed by atoms with van der Waals surface area (Å²) < 4.78 is 27.8. The van der Waals surface area contributed by atoms with Crippen molar-refractivity contribution in [3.8, 4) is 5.69 Å². The van der Waals surface area contributed by atoms with Crippen LogP contribution in [0.15, 0.2) is 91.5 Å². The molecule has 172 valence electrons. The number of thiocarbonyl (C=S) groups is 1. The predicted molar refractivity (Wildman–Crippen MR) is 136 cm³/mol. The molecule has 2 N–H and O–H groups in total. The van der Waals surface area contributed by atoms with Crippen molar-refractivity contribution in [1.82, 2.24) is 19.9 Å².